The molecule has 0 saturated carbocycles. The average molecular weight is 363 g/mol. The number of amides is 1. The Morgan fingerprint density at radius 3 is 2.48 bits per heavy atom. The largest absolute Gasteiger partial charge is 0.340 e. The molecule has 4 atom stereocenters. The fourth-order valence-corrected chi connectivity index (χ4v) is 5.25. The first kappa shape index (κ1) is 18.7. The molecule has 3 nitrogen and oxygen atoms in total. The Kier molecular flexibility index (Phi) is 6.06. The van der Waals surface area contributed by atoms with Crippen LogP contribution in [0.1, 0.15) is 51.0 Å². The highest BCUT2D eigenvalue weighted by atomic mass is 35.5. The van der Waals surface area contributed by atoms with Crippen molar-refractivity contribution in [2.24, 2.45) is 11.8 Å². The molecule has 2 bridgehead atoms. The maximum atomic E-state index is 12.9. The summed E-state index contributed by atoms with van der Waals surface area (Å²) in [5, 5.41) is 3.68. The smallest absolute Gasteiger partial charge is 0.223 e. The lowest BCUT2D eigenvalue weighted by atomic mass is 9.89. The van der Waals surface area contributed by atoms with Gasteiger partial charge in [-0.15, -0.1) is 12.4 Å². The lowest BCUT2D eigenvalue weighted by Crippen LogP contribution is -2.41. The van der Waals surface area contributed by atoms with Gasteiger partial charge in [0.2, 0.25) is 5.91 Å². The van der Waals surface area contributed by atoms with Crippen LogP contribution in [-0.4, -0.2) is 35.5 Å². The zero-order chi connectivity index (χ0) is 16.5. The Hall–Kier alpha value is -1.06. The molecule has 0 radical (unpaired) electrons. The van der Waals surface area contributed by atoms with Crippen molar-refractivity contribution in [3.05, 3.63) is 35.9 Å². The predicted molar refractivity (Wildman–Crippen MR) is 104 cm³/mol. The van der Waals surface area contributed by atoms with Crippen LogP contribution < -0.4 is 5.32 Å². The third kappa shape index (κ3) is 4.20. The normalized spacial score (nSPS) is 34.0. The molecule has 3 heterocycles. The highest BCUT2D eigenvalue weighted by Crippen LogP contribution is 2.34. The van der Waals surface area contributed by atoms with Crippen molar-refractivity contribution in [3.8, 4) is 0 Å². The molecule has 3 aliphatic rings. The number of carbonyl (C=O) groups excluding carboxylic acids is 1. The molecule has 1 aromatic rings. The molecule has 4 heteroatoms. The Labute approximate surface area is 158 Å². The van der Waals surface area contributed by atoms with Crippen molar-refractivity contribution in [3.63, 3.8) is 0 Å². The van der Waals surface area contributed by atoms with Gasteiger partial charge in [-0.05, 0) is 62.8 Å². The summed E-state index contributed by atoms with van der Waals surface area (Å²) in [6, 6.07) is 12.5. The third-order valence-corrected chi connectivity index (χ3v) is 6.61. The van der Waals surface area contributed by atoms with Crippen molar-refractivity contribution < 1.29 is 4.79 Å². The lowest BCUT2D eigenvalue weighted by Gasteiger charge is -2.31. The van der Waals surface area contributed by atoms with Crippen molar-refractivity contribution in [2.45, 2.75) is 70.0 Å². The Balaban J connectivity index is 0.00000182. The monoisotopic (exact) mass is 362 g/mol. The highest BCUT2D eigenvalue weighted by molar-refractivity contribution is 5.85. The molecule has 3 aliphatic heterocycles. The first-order chi connectivity index (χ1) is 11.7. The fourth-order valence-electron chi connectivity index (χ4n) is 5.25. The summed E-state index contributed by atoms with van der Waals surface area (Å²) in [5.74, 6) is 1.63. The number of nitrogens with one attached hydrogen (secondary N) is 1. The Morgan fingerprint density at radius 2 is 1.80 bits per heavy atom. The predicted octanol–water partition coefficient (Wildman–Crippen LogP) is 3.81. The number of hydrogen-bond donors (Lipinski definition) is 1. The molecular weight excluding hydrogens is 332 g/mol. The number of hydrogen-bond acceptors (Lipinski definition) is 2. The molecule has 25 heavy (non-hydrogen) atoms. The molecule has 0 aliphatic carbocycles. The number of piperidine rings is 1. The van der Waals surface area contributed by atoms with E-state index >= 15 is 0 Å². The molecular formula is C21H31ClN2O. The Morgan fingerprint density at radius 1 is 1.12 bits per heavy atom. The van der Waals surface area contributed by atoms with Crippen LogP contribution in [0.5, 0.6) is 0 Å². The van der Waals surface area contributed by atoms with Gasteiger partial charge in [0.15, 0.2) is 0 Å². The van der Waals surface area contributed by atoms with E-state index in [1.807, 2.05) is 0 Å². The van der Waals surface area contributed by atoms with Crippen molar-refractivity contribution in [1.82, 2.24) is 10.2 Å². The van der Waals surface area contributed by atoms with Gasteiger partial charge in [0.25, 0.3) is 0 Å². The van der Waals surface area contributed by atoms with Gasteiger partial charge in [-0.1, -0.05) is 30.3 Å². The maximum Gasteiger partial charge on any atom is 0.223 e. The quantitative estimate of drug-likeness (QED) is 0.883. The number of nitrogens with zero attached hydrogens (tertiary/aromatic N) is 1. The van der Waals surface area contributed by atoms with E-state index in [1.54, 1.807) is 0 Å². The summed E-state index contributed by atoms with van der Waals surface area (Å²) < 4.78 is 0. The van der Waals surface area contributed by atoms with Gasteiger partial charge in [-0.2, -0.15) is 0 Å². The van der Waals surface area contributed by atoms with E-state index < -0.39 is 0 Å². The summed E-state index contributed by atoms with van der Waals surface area (Å²) >= 11 is 0. The van der Waals surface area contributed by atoms with Crippen LogP contribution in [-0.2, 0) is 11.2 Å². The molecule has 3 fully saturated rings. The molecule has 3 saturated heterocycles. The van der Waals surface area contributed by atoms with E-state index in [-0.39, 0.29) is 12.4 Å². The number of halogens is 1. The summed E-state index contributed by atoms with van der Waals surface area (Å²) in [4.78, 5) is 15.0. The van der Waals surface area contributed by atoms with Crippen molar-refractivity contribution in [1.29, 1.82) is 0 Å². The van der Waals surface area contributed by atoms with Gasteiger partial charge >= 0.3 is 0 Å². The standard InChI is InChI=1S/C21H30N2O.ClH/c1-15-18(11-16-5-3-2-4-6-16)9-10-23(15)21(24)14-17-12-19-7-8-20(13-17)22-19;/h2-6,15,17-20,22H,7-14H2,1H3;1H. The van der Waals surface area contributed by atoms with E-state index in [9.17, 15) is 4.79 Å². The summed E-state index contributed by atoms with van der Waals surface area (Å²) in [6.07, 6.45) is 8.07. The van der Waals surface area contributed by atoms with Gasteiger partial charge in [0.1, 0.15) is 0 Å². The zero-order valence-electron chi connectivity index (χ0n) is 15.2. The molecule has 4 unspecified atom stereocenters. The van der Waals surface area contributed by atoms with Crippen LogP contribution in [0, 0.1) is 11.8 Å². The second-order valence-electron chi connectivity index (χ2n) is 8.25. The summed E-state index contributed by atoms with van der Waals surface area (Å²) in [5.41, 5.74) is 1.40. The minimum atomic E-state index is 0. The first-order valence-electron chi connectivity index (χ1n) is 9.78. The molecule has 0 spiro atoms. The number of rotatable bonds is 4. The van der Waals surface area contributed by atoms with Gasteiger partial charge in [0, 0.05) is 31.1 Å². The number of benzene rings is 1. The van der Waals surface area contributed by atoms with E-state index in [0.29, 0.717) is 35.9 Å². The maximum absolute atomic E-state index is 12.9. The van der Waals surface area contributed by atoms with Gasteiger partial charge < -0.3 is 10.2 Å². The van der Waals surface area contributed by atoms with E-state index in [1.165, 1.54) is 31.2 Å². The SMILES string of the molecule is CC1C(Cc2ccccc2)CCN1C(=O)CC1CC2CCC(C1)N2.Cl. The highest BCUT2D eigenvalue weighted by Gasteiger charge is 2.37. The Bertz CT molecular complexity index is 567. The van der Waals surface area contributed by atoms with Crippen molar-refractivity contribution >= 4 is 18.3 Å². The van der Waals surface area contributed by atoms with Gasteiger partial charge in [-0.3, -0.25) is 4.79 Å². The second kappa shape index (κ2) is 8.09. The third-order valence-electron chi connectivity index (χ3n) is 6.61. The van der Waals surface area contributed by atoms with Gasteiger partial charge in [-0.25, -0.2) is 0 Å². The average Bonchev–Trinajstić information content (AvgIpc) is 3.11. The van der Waals surface area contributed by atoms with Crippen LogP contribution >= 0.6 is 12.4 Å². The van der Waals surface area contributed by atoms with E-state index in [4.69, 9.17) is 0 Å². The summed E-state index contributed by atoms with van der Waals surface area (Å²) in [6.45, 7) is 3.21. The van der Waals surface area contributed by atoms with E-state index in [2.05, 4.69) is 47.5 Å². The van der Waals surface area contributed by atoms with Crippen LogP contribution in [0.2, 0.25) is 0 Å². The van der Waals surface area contributed by atoms with Crippen LogP contribution in [0.15, 0.2) is 30.3 Å². The second-order valence-corrected chi connectivity index (χ2v) is 8.25. The van der Waals surface area contributed by atoms with Crippen molar-refractivity contribution in [2.75, 3.05) is 6.54 Å². The molecule has 1 amide bonds. The zero-order valence-corrected chi connectivity index (χ0v) is 16.0. The first-order valence-corrected chi connectivity index (χ1v) is 9.78. The number of likely N-dealkylation sites (tertiary alicyclic amines) is 1. The lowest BCUT2D eigenvalue weighted by molar-refractivity contribution is -0.133. The topological polar surface area (TPSA) is 32.3 Å². The van der Waals surface area contributed by atoms with Crippen LogP contribution in [0.4, 0.5) is 0 Å². The van der Waals surface area contributed by atoms with Crippen LogP contribution in [0.25, 0.3) is 0 Å². The molecule has 1 aromatic carbocycles. The number of fused-ring (bicyclic) bond motifs is 2. The summed E-state index contributed by atoms with van der Waals surface area (Å²) in [7, 11) is 0. The minimum absolute atomic E-state index is 0. The van der Waals surface area contributed by atoms with E-state index in [0.717, 1.165) is 25.8 Å². The molecule has 138 valence electrons. The molecule has 1 N–H and O–H groups in total. The molecule has 0 aromatic heterocycles. The molecule has 4 rings (SSSR count). The minimum Gasteiger partial charge on any atom is -0.340 e. The number of carbonyl (C=O) groups is 1. The van der Waals surface area contributed by atoms with Gasteiger partial charge in [0.05, 0.1) is 0 Å². The fraction of sp³-hybridized carbons (Fsp3) is 0.667. The van der Waals surface area contributed by atoms with Crippen LogP contribution in [0.3, 0.4) is 0 Å².